The van der Waals surface area contributed by atoms with Crippen LogP contribution in [0.3, 0.4) is 0 Å². The van der Waals surface area contributed by atoms with Crippen LogP contribution in [0, 0.1) is 5.92 Å². The number of hydrogen-bond donors (Lipinski definition) is 2. The molecule has 3 rings (SSSR count). The van der Waals surface area contributed by atoms with Crippen LogP contribution in [0.5, 0.6) is 5.75 Å². The second kappa shape index (κ2) is 12.2. The van der Waals surface area contributed by atoms with Gasteiger partial charge in [-0.15, -0.1) is 0 Å². The summed E-state index contributed by atoms with van der Waals surface area (Å²) in [4.78, 5) is 14.0. The van der Waals surface area contributed by atoms with E-state index < -0.39 is 23.9 Å². The van der Waals surface area contributed by atoms with Gasteiger partial charge in [-0.3, -0.25) is 0 Å². The van der Waals surface area contributed by atoms with Gasteiger partial charge in [-0.2, -0.15) is 0 Å². The number of carbonyl (C=O) groups is 1. The first-order valence-corrected chi connectivity index (χ1v) is 11.9. The van der Waals surface area contributed by atoms with E-state index in [1.165, 1.54) is 0 Å². The van der Waals surface area contributed by atoms with Gasteiger partial charge in [0.1, 0.15) is 11.4 Å². The number of benzene rings is 2. The maximum absolute atomic E-state index is 12.4. The Bertz CT molecular complexity index is 878. The molecule has 0 aliphatic carbocycles. The predicted octanol–water partition coefficient (Wildman–Crippen LogP) is 4.32. The van der Waals surface area contributed by atoms with Crippen molar-refractivity contribution in [2.45, 2.75) is 58.0 Å². The van der Waals surface area contributed by atoms with E-state index in [4.69, 9.17) is 14.2 Å². The molecule has 1 aliphatic heterocycles. The fourth-order valence-electron chi connectivity index (χ4n) is 4.12. The quantitative estimate of drug-likeness (QED) is 0.418. The number of aliphatic hydroxyl groups excluding tert-OH is 1. The molecule has 7 heteroatoms. The molecule has 7 nitrogen and oxygen atoms in total. The van der Waals surface area contributed by atoms with Crippen molar-refractivity contribution >= 4 is 6.09 Å². The lowest BCUT2D eigenvalue weighted by Gasteiger charge is -2.40. The summed E-state index contributed by atoms with van der Waals surface area (Å²) >= 11 is 0. The van der Waals surface area contributed by atoms with Crippen LogP contribution in [0.2, 0.25) is 0 Å². The molecule has 1 saturated heterocycles. The second-order valence-electron chi connectivity index (χ2n) is 9.71. The average Bonchev–Trinajstić information content (AvgIpc) is 2.81. The third-order valence-electron chi connectivity index (χ3n) is 5.81. The average molecular weight is 472 g/mol. The van der Waals surface area contributed by atoms with Crippen molar-refractivity contribution in [3.8, 4) is 5.75 Å². The summed E-state index contributed by atoms with van der Waals surface area (Å²) < 4.78 is 16.9. The van der Waals surface area contributed by atoms with Crippen molar-refractivity contribution in [3.05, 3.63) is 65.7 Å². The Labute approximate surface area is 202 Å². The van der Waals surface area contributed by atoms with Crippen molar-refractivity contribution in [2.75, 3.05) is 26.3 Å². The number of nitrogens with zero attached hydrogens (tertiary/aromatic N) is 1. The highest BCUT2D eigenvalue weighted by Gasteiger charge is 2.37. The van der Waals surface area contributed by atoms with E-state index in [2.05, 4.69) is 0 Å². The van der Waals surface area contributed by atoms with E-state index in [9.17, 15) is 15.0 Å². The number of aliphatic hydroxyl groups is 2. The molecule has 34 heavy (non-hydrogen) atoms. The zero-order valence-electron chi connectivity index (χ0n) is 20.4. The monoisotopic (exact) mass is 471 g/mol. The Morgan fingerprint density at radius 3 is 2.41 bits per heavy atom. The summed E-state index contributed by atoms with van der Waals surface area (Å²) in [5.41, 5.74) is 1.56. The molecule has 0 spiro atoms. The minimum absolute atomic E-state index is 0.0703. The van der Waals surface area contributed by atoms with Gasteiger partial charge in [-0.1, -0.05) is 42.5 Å². The molecule has 1 amide bonds. The maximum Gasteiger partial charge on any atom is 0.410 e. The minimum atomic E-state index is -1.53. The van der Waals surface area contributed by atoms with E-state index in [1.807, 2.05) is 75.4 Å². The number of likely N-dealkylation sites (tertiary alicyclic amines) is 1. The molecule has 1 heterocycles. The van der Waals surface area contributed by atoms with E-state index in [0.29, 0.717) is 32.8 Å². The Morgan fingerprint density at radius 2 is 1.76 bits per heavy atom. The topological polar surface area (TPSA) is 88.5 Å². The molecule has 2 aromatic carbocycles. The van der Waals surface area contributed by atoms with Crippen LogP contribution in [-0.2, 0) is 16.1 Å². The highest BCUT2D eigenvalue weighted by molar-refractivity contribution is 5.68. The Kier molecular flexibility index (Phi) is 9.33. The first kappa shape index (κ1) is 26.0. The van der Waals surface area contributed by atoms with E-state index in [-0.39, 0.29) is 12.5 Å². The highest BCUT2D eigenvalue weighted by Crippen LogP contribution is 2.36. The van der Waals surface area contributed by atoms with Gasteiger partial charge < -0.3 is 29.3 Å². The molecular formula is C27H37NO6. The molecule has 0 saturated carbocycles. The molecule has 1 fully saturated rings. The maximum atomic E-state index is 12.4. The molecule has 0 bridgehead atoms. The minimum Gasteiger partial charge on any atom is -0.494 e. The summed E-state index contributed by atoms with van der Waals surface area (Å²) in [6.07, 6.45) is -0.535. The van der Waals surface area contributed by atoms with Gasteiger partial charge in [0.25, 0.3) is 0 Å². The van der Waals surface area contributed by atoms with Crippen LogP contribution in [0.15, 0.2) is 54.6 Å². The lowest BCUT2D eigenvalue weighted by Crippen LogP contribution is -2.48. The van der Waals surface area contributed by atoms with Gasteiger partial charge in [0.05, 0.1) is 19.8 Å². The zero-order valence-corrected chi connectivity index (χ0v) is 20.4. The van der Waals surface area contributed by atoms with Crippen molar-refractivity contribution < 1.29 is 29.2 Å². The smallest absolute Gasteiger partial charge is 0.410 e. The largest absolute Gasteiger partial charge is 0.494 e. The molecule has 2 N–H and O–H groups in total. The first-order valence-electron chi connectivity index (χ1n) is 11.9. The Hall–Kier alpha value is -2.61. The van der Waals surface area contributed by atoms with Crippen LogP contribution in [0.25, 0.3) is 0 Å². The standard InChI is InChI=1S/C27H37NO6/c1-27(2,3)34-26(31)28-15-14-23(24(18-28)25(29)30)21-10-12-22(13-11-21)33-17-7-16-32-19-20-8-5-4-6-9-20/h4-6,8-13,23-25,29-30H,7,14-19H2,1-3H3. The number of hydrogen-bond acceptors (Lipinski definition) is 6. The van der Waals surface area contributed by atoms with Crippen LogP contribution in [-0.4, -0.2) is 59.4 Å². The third kappa shape index (κ3) is 8.01. The predicted molar refractivity (Wildman–Crippen MR) is 130 cm³/mol. The molecule has 0 aromatic heterocycles. The molecule has 2 unspecified atom stereocenters. The Morgan fingerprint density at radius 1 is 1.06 bits per heavy atom. The van der Waals surface area contributed by atoms with Crippen LogP contribution >= 0.6 is 0 Å². The second-order valence-corrected chi connectivity index (χ2v) is 9.71. The molecular weight excluding hydrogens is 434 g/mol. The normalized spacial score (nSPS) is 18.7. The molecule has 186 valence electrons. The summed E-state index contributed by atoms with van der Waals surface area (Å²) in [5, 5.41) is 20.0. The van der Waals surface area contributed by atoms with Crippen LogP contribution < -0.4 is 4.74 Å². The number of piperidine rings is 1. The van der Waals surface area contributed by atoms with E-state index in [0.717, 1.165) is 23.3 Å². The van der Waals surface area contributed by atoms with Crippen LogP contribution in [0.1, 0.15) is 50.7 Å². The van der Waals surface area contributed by atoms with Crippen molar-refractivity contribution in [3.63, 3.8) is 0 Å². The molecule has 1 aliphatic rings. The first-order chi connectivity index (χ1) is 16.2. The SMILES string of the molecule is CC(C)(C)OC(=O)N1CCC(c2ccc(OCCCOCc3ccccc3)cc2)C(C(O)O)C1. The van der Waals surface area contributed by atoms with Crippen molar-refractivity contribution in [1.29, 1.82) is 0 Å². The van der Waals surface area contributed by atoms with Gasteiger partial charge in [0.2, 0.25) is 0 Å². The van der Waals surface area contributed by atoms with Gasteiger partial charge in [-0.25, -0.2) is 4.79 Å². The van der Waals surface area contributed by atoms with Gasteiger partial charge >= 0.3 is 6.09 Å². The fourth-order valence-corrected chi connectivity index (χ4v) is 4.12. The van der Waals surface area contributed by atoms with Gasteiger partial charge in [0.15, 0.2) is 6.29 Å². The summed E-state index contributed by atoms with van der Waals surface area (Å²) in [7, 11) is 0. The lowest BCUT2D eigenvalue weighted by molar-refractivity contribution is -0.107. The van der Waals surface area contributed by atoms with Crippen LogP contribution in [0.4, 0.5) is 4.79 Å². The van der Waals surface area contributed by atoms with Gasteiger partial charge in [0, 0.05) is 25.4 Å². The number of ether oxygens (including phenoxy) is 3. The molecule has 2 aromatic rings. The number of rotatable bonds is 9. The summed E-state index contributed by atoms with van der Waals surface area (Å²) in [6.45, 7) is 7.97. The molecule has 0 radical (unpaired) electrons. The molecule has 2 atom stereocenters. The number of carbonyl (C=O) groups excluding carboxylic acids is 1. The van der Waals surface area contributed by atoms with Crippen molar-refractivity contribution in [1.82, 2.24) is 4.90 Å². The van der Waals surface area contributed by atoms with Gasteiger partial charge in [-0.05, 0) is 56.4 Å². The zero-order chi connectivity index (χ0) is 24.6. The highest BCUT2D eigenvalue weighted by atomic mass is 16.6. The van der Waals surface area contributed by atoms with E-state index >= 15 is 0 Å². The Balaban J connectivity index is 1.46. The lowest BCUT2D eigenvalue weighted by atomic mass is 9.80. The fraction of sp³-hybridized carbons (Fsp3) is 0.519. The summed E-state index contributed by atoms with van der Waals surface area (Å²) in [6, 6.07) is 17.8. The summed E-state index contributed by atoms with van der Waals surface area (Å²) in [5.74, 6) is 0.202. The third-order valence-corrected chi connectivity index (χ3v) is 5.81. The number of amides is 1. The van der Waals surface area contributed by atoms with E-state index in [1.54, 1.807) is 4.90 Å². The van der Waals surface area contributed by atoms with Crippen molar-refractivity contribution in [2.24, 2.45) is 5.92 Å².